The minimum atomic E-state index is -0.0105. The molecule has 25 heavy (non-hydrogen) atoms. The summed E-state index contributed by atoms with van der Waals surface area (Å²) in [7, 11) is 3.25. The molecule has 5 heteroatoms. The van der Waals surface area contributed by atoms with Crippen LogP contribution in [0.25, 0.3) is 0 Å². The average Bonchev–Trinajstić information content (AvgIpc) is 2.65. The van der Waals surface area contributed by atoms with E-state index in [1.807, 2.05) is 48.2 Å². The normalized spacial score (nSPS) is 13.2. The minimum absolute atomic E-state index is 0.0105. The molecule has 5 nitrogen and oxygen atoms in total. The van der Waals surface area contributed by atoms with Gasteiger partial charge in [0.25, 0.3) is 5.91 Å². The third-order valence-electron chi connectivity index (χ3n) is 4.52. The van der Waals surface area contributed by atoms with Gasteiger partial charge in [-0.25, -0.2) is 0 Å². The first-order chi connectivity index (χ1) is 12.1. The Hall–Kier alpha value is -2.69. The number of rotatable bonds is 5. The summed E-state index contributed by atoms with van der Waals surface area (Å²) in [5.74, 6) is 2.15. The molecule has 3 rings (SSSR count). The Labute approximate surface area is 148 Å². The topological polar surface area (TPSA) is 48.0 Å². The predicted molar refractivity (Wildman–Crippen MR) is 95.3 cm³/mol. The summed E-state index contributed by atoms with van der Waals surface area (Å²) < 4.78 is 16.4. The molecular formula is C20H23NO4. The molecule has 0 aliphatic carbocycles. The molecule has 0 unspecified atom stereocenters. The van der Waals surface area contributed by atoms with Gasteiger partial charge in [-0.3, -0.25) is 4.79 Å². The molecule has 1 aliphatic heterocycles. The molecule has 0 N–H and O–H groups in total. The second kappa shape index (κ2) is 7.47. The molecule has 2 aromatic rings. The van der Waals surface area contributed by atoms with Gasteiger partial charge in [-0.1, -0.05) is 18.2 Å². The minimum Gasteiger partial charge on any atom is -0.493 e. The Bertz CT molecular complexity index is 772. The summed E-state index contributed by atoms with van der Waals surface area (Å²) in [5, 5.41) is 0. The van der Waals surface area contributed by atoms with Crippen molar-refractivity contribution < 1.29 is 19.0 Å². The SMILES string of the molecule is COc1cc2c(cc1OC)CN(C(=O)COc1ccccc1C)CC2. The smallest absolute Gasteiger partial charge is 0.260 e. The molecule has 1 heterocycles. The molecule has 0 radical (unpaired) electrons. The Kier molecular flexibility index (Phi) is 5.12. The summed E-state index contributed by atoms with van der Waals surface area (Å²) in [6.07, 6.45) is 0.797. The number of hydrogen-bond donors (Lipinski definition) is 0. The van der Waals surface area contributed by atoms with Gasteiger partial charge in [0.1, 0.15) is 5.75 Å². The molecule has 0 fully saturated rings. The number of para-hydroxylation sites is 1. The highest BCUT2D eigenvalue weighted by Crippen LogP contribution is 2.33. The van der Waals surface area contributed by atoms with Crippen LogP contribution in [0.5, 0.6) is 17.2 Å². The van der Waals surface area contributed by atoms with Crippen molar-refractivity contribution in [2.45, 2.75) is 19.9 Å². The molecule has 0 saturated carbocycles. The van der Waals surface area contributed by atoms with Gasteiger partial charge in [-0.05, 0) is 48.2 Å². The van der Waals surface area contributed by atoms with Crippen LogP contribution in [0.15, 0.2) is 36.4 Å². The van der Waals surface area contributed by atoms with E-state index in [-0.39, 0.29) is 12.5 Å². The van der Waals surface area contributed by atoms with Crippen molar-refractivity contribution in [2.75, 3.05) is 27.4 Å². The third kappa shape index (κ3) is 3.71. The Balaban J connectivity index is 1.67. The van der Waals surface area contributed by atoms with Crippen LogP contribution < -0.4 is 14.2 Å². The summed E-state index contributed by atoms with van der Waals surface area (Å²) in [5.41, 5.74) is 3.31. The largest absolute Gasteiger partial charge is 0.493 e. The van der Waals surface area contributed by atoms with Crippen molar-refractivity contribution in [3.8, 4) is 17.2 Å². The van der Waals surface area contributed by atoms with Gasteiger partial charge in [0.15, 0.2) is 18.1 Å². The number of aryl methyl sites for hydroxylation is 1. The second-order valence-electron chi connectivity index (χ2n) is 6.10. The van der Waals surface area contributed by atoms with E-state index in [4.69, 9.17) is 14.2 Å². The lowest BCUT2D eigenvalue weighted by atomic mass is 9.99. The molecule has 0 saturated heterocycles. The highest BCUT2D eigenvalue weighted by atomic mass is 16.5. The van der Waals surface area contributed by atoms with E-state index in [1.165, 1.54) is 5.56 Å². The fourth-order valence-corrected chi connectivity index (χ4v) is 3.05. The lowest BCUT2D eigenvalue weighted by Crippen LogP contribution is -2.38. The van der Waals surface area contributed by atoms with Crippen molar-refractivity contribution in [1.29, 1.82) is 0 Å². The first-order valence-electron chi connectivity index (χ1n) is 8.32. The maximum absolute atomic E-state index is 12.5. The van der Waals surface area contributed by atoms with Gasteiger partial charge in [0, 0.05) is 13.1 Å². The number of hydrogen-bond acceptors (Lipinski definition) is 4. The fraction of sp³-hybridized carbons (Fsp3) is 0.350. The first-order valence-corrected chi connectivity index (χ1v) is 8.32. The fourth-order valence-electron chi connectivity index (χ4n) is 3.05. The van der Waals surface area contributed by atoms with E-state index >= 15 is 0 Å². The third-order valence-corrected chi connectivity index (χ3v) is 4.52. The highest BCUT2D eigenvalue weighted by molar-refractivity contribution is 5.78. The van der Waals surface area contributed by atoms with Gasteiger partial charge >= 0.3 is 0 Å². The zero-order valence-electron chi connectivity index (χ0n) is 14.9. The molecule has 2 aromatic carbocycles. The number of carbonyl (C=O) groups excluding carboxylic acids is 1. The molecule has 0 bridgehead atoms. The maximum atomic E-state index is 12.5. The number of nitrogens with zero attached hydrogens (tertiary/aromatic N) is 1. The van der Waals surface area contributed by atoms with E-state index < -0.39 is 0 Å². The van der Waals surface area contributed by atoms with E-state index in [0.29, 0.717) is 18.8 Å². The van der Waals surface area contributed by atoms with Gasteiger partial charge in [-0.15, -0.1) is 0 Å². The molecule has 1 aliphatic rings. The Morgan fingerprint density at radius 3 is 2.40 bits per heavy atom. The number of amides is 1. The standard InChI is InChI=1S/C20H23NO4/c1-14-6-4-5-7-17(14)25-13-20(22)21-9-8-15-10-18(23-2)19(24-3)11-16(15)12-21/h4-7,10-11H,8-9,12-13H2,1-3H3. The van der Waals surface area contributed by atoms with Crippen molar-refractivity contribution in [3.63, 3.8) is 0 Å². The average molecular weight is 341 g/mol. The van der Waals surface area contributed by atoms with E-state index in [2.05, 4.69) is 0 Å². The predicted octanol–water partition coefficient (Wildman–Crippen LogP) is 2.98. The van der Waals surface area contributed by atoms with Crippen LogP contribution in [0.4, 0.5) is 0 Å². The van der Waals surface area contributed by atoms with Crippen LogP contribution in [0, 0.1) is 6.92 Å². The maximum Gasteiger partial charge on any atom is 0.260 e. The van der Waals surface area contributed by atoms with Crippen LogP contribution in [0.2, 0.25) is 0 Å². The summed E-state index contributed by atoms with van der Waals surface area (Å²) in [6.45, 7) is 3.26. The van der Waals surface area contributed by atoms with Crippen LogP contribution in [0.1, 0.15) is 16.7 Å². The number of ether oxygens (including phenoxy) is 3. The number of methoxy groups -OCH3 is 2. The second-order valence-corrected chi connectivity index (χ2v) is 6.10. The Morgan fingerprint density at radius 1 is 1.04 bits per heavy atom. The molecule has 0 spiro atoms. The van der Waals surface area contributed by atoms with Crippen LogP contribution in [-0.4, -0.2) is 38.2 Å². The van der Waals surface area contributed by atoms with Crippen LogP contribution in [-0.2, 0) is 17.8 Å². The van der Waals surface area contributed by atoms with Gasteiger partial charge < -0.3 is 19.1 Å². The van der Waals surface area contributed by atoms with Crippen LogP contribution in [0.3, 0.4) is 0 Å². The monoisotopic (exact) mass is 341 g/mol. The Morgan fingerprint density at radius 2 is 1.72 bits per heavy atom. The van der Waals surface area contributed by atoms with Gasteiger partial charge in [0.05, 0.1) is 14.2 Å². The molecule has 1 amide bonds. The van der Waals surface area contributed by atoms with Crippen molar-refractivity contribution in [3.05, 3.63) is 53.1 Å². The van der Waals surface area contributed by atoms with Gasteiger partial charge in [-0.2, -0.15) is 0 Å². The highest BCUT2D eigenvalue weighted by Gasteiger charge is 2.23. The number of carbonyl (C=O) groups is 1. The van der Waals surface area contributed by atoms with Gasteiger partial charge in [0.2, 0.25) is 0 Å². The lowest BCUT2D eigenvalue weighted by Gasteiger charge is -2.29. The number of fused-ring (bicyclic) bond motifs is 1. The summed E-state index contributed by atoms with van der Waals surface area (Å²) >= 11 is 0. The molecule has 0 aromatic heterocycles. The van der Waals surface area contributed by atoms with E-state index in [0.717, 1.165) is 29.0 Å². The molecule has 0 atom stereocenters. The number of benzene rings is 2. The zero-order chi connectivity index (χ0) is 17.8. The van der Waals surface area contributed by atoms with E-state index in [9.17, 15) is 4.79 Å². The van der Waals surface area contributed by atoms with E-state index in [1.54, 1.807) is 14.2 Å². The summed E-state index contributed by atoms with van der Waals surface area (Å²) in [4.78, 5) is 14.3. The van der Waals surface area contributed by atoms with Crippen LogP contribution >= 0.6 is 0 Å². The van der Waals surface area contributed by atoms with Crippen molar-refractivity contribution in [1.82, 2.24) is 4.90 Å². The lowest BCUT2D eigenvalue weighted by molar-refractivity contribution is -0.134. The zero-order valence-corrected chi connectivity index (χ0v) is 14.9. The molecular weight excluding hydrogens is 318 g/mol. The quantitative estimate of drug-likeness (QED) is 0.839. The first kappa shape index (κ1) is 17.1. The van der Waals surface area contributed by atoms with Crippen molar-refractivity contribution >= 4 is 5.91 Å². The van der Waals surface area contributed by atoms with Crippen molar-refractivity contribution in [2.24, 2.45) is 0 Å². The molecule has 132 valence electrons. The summed E-state index contributed by atoms with van der Waals surface area (Å²) in [6, 6.07) is 11.7.